The molecule has 0 spiro atoms. The minimum atomic E-state index is 0.321. The Morgan fingerprint density at radius 1 is 1.29 bits per heavy atom. The zero-order valence-electron chi connectivity index (χ0n) is 9.41. The molecular formula is C13H22O. The van der Waals surface area contributed by atoms with Gasteiger partial charge in [0, 0.05) is 5.92 Å². The molecule has 0 amide bonds. The molecule has 1 heteroatoms. The maximum atomic E-state index is 10.8. The standard InChI is InChI=1S/C13H22O/c1-3-5-11-6-8-13(9-7-11)12(4-2)10-14/h3,5,10-13H,4,6-9H2,1-2H3/b5-3+. The van der Waals surface area contributed by atoms with Crippen molar-refractivity contribution >= 4 is 6.29 Å². The van der Waals surface area contributed by atoms with Gasteiger partial charge < -0.3 is 4.79 Å². The lowest BCUT2D eigenvalue weighted by atomic mass is 9.75. The van der Waals surface area contributed by atoms with Gasteiger partial charge in [0.2, 0.25) is 0 Å². The van der Waals surface area contributed by atoms with Crippen molar-refractivity contribution < 1.29 is 4.79 Å². The third kappa shape index (κ3) is 2.97. The van der Waals surface area contributed by atoms with Gasteiger partial charge in [-0.2, -0.15) is 0 Å². The summed E-state index contributed by atoms with van der Waals surface area (Å²) in [5, 5.41) is 0. The number of rotatable bonds is 4. The Kier molecular flexibility index (Phi) is 4.92. The Balaban J connectivity index is 2.38. The topological polar surface area (TPSA) is 17.1 Å². The van der Waals surface area contributed by atoms with Crippen molar-refractivity contribution in [1.29, 1.82) is 0 Å². The minimum Gasteiger partial charge on any atom is -0.303 e. The van der Waals surface area contributed by atoms with Gasteiger partial charge in [-0.15, -0.1) is 0 Å². The van der Waals surface area contributed by atoms with E-state index in [9.17, 15) is 4.79 Å². The SMILES string of the molecule is C/C=C/C1CCC(C(C=O)CC)CC1. The van der Waals surface area contributed by atoms with Crippen LogP contribution in [0.15, 0.2) is 12.2 Å². The fraction of sp³-hybridized carbons (Fsp3) is 0.769. The molecule has 0 saturated heterocycles. The summed E-state index contributed by atoms with van der Waals surface area (Å²) in [4.78, 5) is 10.8. The number of carbonyl (C=O) groups is 1. The second-order valence-electron chi connectivity index (χ2n) is 4.41. The van der Waals surface area contributed by atoms with Crippen LogP contribution in [0.25, 0.3) is 0 Å². The van der Waals surface area contributed by atoms with Crippen molar-refractivity contribution in [1.82, 2.24) is 0 Å². The van der Waals surface area contributed by atoms with Gasteiger partial charge >= 0.3 is 0 Å². The number of hydrogen-bond donors (Lipinski definition) is 0. The maximum absolute atomic E-state index is 10.8. The van der Waals surface area contributed by atoms with Gasteiger partial charge in [-0.3, -0.25) is 0 Å². The van der Waals surface area contributed by atoms with Crippen LogP contribution in [0, 0.1) is 17.8 Å². The first-order chi connectivity index (χ1) is 6.81. The van der Waals surface area contributed by atoms with Crippen LogP contribution in [0.5, 0.6) is 0 Å². The van der Waals surface area contributed by atoms with Crippen LogP contribution in [0.4, 0.5) is 0 Å². The van der Waals surface area contributed by atoms with E-state index in [1.165, 1.54) is 32.0 Å². The van der Waals surface area contributed by atoms with E-state index in [-0.39, 0.29) is 0 Å². The van der Waals surface area contributed by atoms with Crippen molar-refractivity contribution in [3.8, 4) is 0 Å². The average molecular weight is 194 g/mol. The molecule has 0 N–H and O–H groups in total. The van der Waals surface area contributed by atoms with E-state index in [0.29, 0.717) is 11.8 Å². The summed E-state index contributed by atoms with van der Waals surface area (Å²) in [6.45, 7) is 4.21. The first-order valence-electron chi connectivity index (χ1n) is 5.89. The van der Waals surface area contributed by atoms with Crippen LogP contribution in [-0.4, -0.2) is 6.29 Å². The van der Waals surface area contributed by atoms with Gasteiger partial charge in [0.15, 0.2) is 0 Å². The van der Waals surface area contributed by atoms with Crippen LogP contribution in [0.1, 0.15) is 46.0 Å². The van der Waals surface area contributed by atoms with Crippen molar-refractivity contribution in [2.75, 3.05) is 0 Å². The highest BCUT2D eigenvalue weighted by Gasteiger charge is 2.24. The fourth-order valence-corrected chi connectivity index (χ4v) is 2.58. The number of hydrogen-bond acceptors (Lipinski definition) is 1. The van der Waals surface area contributed by atoms with Crippen LogP contribution in [-0.2, 0) is 4.79 Å². The quantitative estimate of drug-likeness (QED) is 0.493. The van der Waals surface area contributed by atoms with Gasteiger partial charge in [-0.1, -0.05) is 19.1 Å². The molecule has 14 heavy (non-hydrogen) atoms. The van der Waals surface area contributed by atoms with Crippen molar-refractivity contribution in [3.05, 3.63) is 12.2 Å². The summed E-state index contributed by atoms with van der Waals surface area (Å²) >= 11 is 0. The number of allylic oxidation sites excluding steroid dienone is 2. The van der Waals surface area contributed by atoms with Crippen LogP contribution in [0.2, 0.25) is 0 Å². The molecule has 0 heterocycles. The molecule has 0 aliphatic heterocycles. The van der Waals surface area contributed by atoms with E-state index in [1.807, 2.05) is 0 Å². The molecule has 1 rings (SSSR count). The van der Waals surface area contributed by atoms with E-state index >= 15 is 0 Å². The largest absolute Gasteiger partial charge is 0.303 e. The van der Waals surface area contributed by atoms with Crippen LogP contribution in [0.3, 0.4) is 0 Å². The second-order valence-corrected chi connectivity index (χ2v) is 4.41. The van der Waals surface area contributed by atoms with Gasteiger partial charge in [0.05, 0.1) is 0 Å². The predicted molar refractivity (Wildman–Crippen MR) is 60.1 cm³/mol. The number of aldehydes is 1. The smallest absolute Gasteiger partial charge is 0.123 e. The Labute approximate surface area is 87.6 Å². The van der Waals surface area contributed by atoms with Crippen molar-refractivity contribution in [2.45, 2.75) is 46.0 Å². The van der Waals surface area contributed by atoms with E-state index in [2.05, 4.69) is 26.0 Å². The lowest BCUT2D eigenvalue weighted by molar-refractivity contribution is -0.113. The maximum Gasteiger partial charge on any atom is 0.123 e. The lowest BCUT2D eigenvalue weighted by Crippen LogP contribution is -2.21. The first-order valence-corrected chi connectivity index (χ1v) is 5.89. The average Bonchev–Trinajstić information content (AvgIpc) is 2.23. The van der Waals surface area contributed by atoms with E-state index in [4.69, 9.17) is 0 Å². The first kappa shape index (κ1) is 11.5. The van der Waals surface area contributed by atoms with Gasteiger partial charge in [0.1, 0.15) is 6.29 Å². The molecule has 0 radical (unpaired) electrons. The fourth-order valence-electron chi connectivity index (χ4n) is 2.58. The number of carbonyl (C=O) groups excluding carboxylic acids is 1. The van der Waals surface area contributed by atoms with E-state index in [1.54, 1.807) is 0 Å². The molecule has 1 atom stereocenters. The zero-order valence-corrected chi connectivity index (χ0v) is 9.41. The summed E-state index contributed by atoms with van der Waals surface area (Å²) in [6, 6.07) is 0. The summed E-state index contributed by atoms with van der Waals surface area (Å²) in [7, 11) is 0. The third-order valence-corrected chi connectivity index (χ3v) is 3.53. The van der Waals surface area contributed by atoms with E-state index in [0.717, 1.165) is 12.3 Å². The normalized spacial score (nSPS) is 30.4. The van der Waals surface area contributed by atoms with E-state index < -0.39 is 0 Å². The lowest BCUT2D eigenvalue weighted by Gasteiger charge is -2.29. The molecule has 1 unspecified atom stereocenters. The summed E-state index contributed by atoms with van der Waals surface area (Å²) in [5.74, 6) is 1.76. The molecule has 1 fully saturated rings. The van der Waals surface area contributed by atoms with Crippen molar-refractivity contribution in [2.24, 2.45) is 17.8 Å². The Hall–Kier alpha value is -0.590. The molecule has 80 valence electrons. The molecule has 1 saturated carbocycles. The molecular weight excluding hydrogens is 172 g/mol. The molecule has 1 nitrogen and oxygen atoms in total. The molecule has 0 bridgehead atoms. The zero-order chi connectivity index (χ0) is 10.4. The molecule has 0 aromatic carbocycles. The van der Waals surface area contributed by atoms with Gasteiger partial charge in [-0.05, 0) is 50.9 Å². The Morgan fingerprint density at radius 3 is 2.36 bits per heavy atom. The highest BCUT2D eigenvalue weighted by atomic mass is 16.1. The molecule has 0 aromatic heterocycles. The minimum absolute atomic E-state index is 0.321. The van der Waals surface area contributed by atoms with Gasteiger partial charge in [0.25, 0.3) is 0 Å². The third-order valence-electron chi connectivity index (χ3n) is 3.53. The molecule has 1 aliphatic carbocycles. The van der Waals surface area contributed by atoms with Crippen molar-refractivity contribution in [3.63, 3.8) is 0 Å². The summed E-state index contributed by atoms with van der Waals surface area (Å²) in [5.41, 5.74) is 0. The summed E-state index contributed by atoms with van der Waals surface area (Å²) in [6.07, 6.45) is 11.7. The van der Waals surface area contributed by atoms with Gasteiger partial charge in [-0.25, -0.2) is 0 Å². The summed E-state index contributed by atoms with van der Waals surface area (Å²) < 4.78 is 0. The predicted octanol–water partition coefficient (Wildman–Crippen LogP) is 3.59. The van der Waals surface area contributed by atoms with Crippen LogP contribution >= 0.6 is 0 Å². The molecule has 0 aromatic rings. The highest BCUT2D eigenvalue weighted by Crippen LogP contribution is 2.34. The molecule has 1 aliphatic rings. The second kappa shape index (κ2) is 6.00. The van der Waals surface area contributed by atoms with Crippen LogP contribution < -0.4 is 0 Å². The monoisotopic (exact) mass is 194 g/mol. The highest BCUT2D eigenvalue weighted by molar-refractivity contribution is 5.53. The Bertz CT molecular complexity index is 187. The Morgan fingerprint density at radius 2 is 1.93 bits per heavy atom.